The SMILES string of the molecule is CCNC(=NCC(C)N1CCN(c2ccccc2)CC1)NC1CC1C.I. The molecule has 2 N–H and O–H groups in total. The average molecular weight is 471 g/mol. The van der Waals surface area contributed by atoms with Gasteiger partial charge in [-0.3, -0.25) is 9.89 Å². The van der Waals surface area contributed by atoms with Crippen molar-refractivity contribution in [2.45, 2.75) is 39.3 Å². The number of anilines is 1. The molecular formula is C20H34IN5. The Balaban J connectivity index is 0.00000243. The number of nitrogens with zero attached hydrogens (tertiary/aromatic N) is 3. The monoisotopic (exact) mass is 471 g/mol. The minimum atomic E-state index is 0. The molecule has 5 nitrogen and oxygen atoms in total. The number of aliphatic imine (C=N–C) groups is 1. The van der Waals surface area contributed by atoms with Gasteiger partial charge in [0.25, 0.3) is 0 Å². The molecule has 1 heterocycles. The van der Waals surface area contributed by atoms with Crippen molar-refractivity contribution in [2.24, 2.45) is 10.9 Å². The molecule has 1 aliphatic heterocycles. The number of halogens is 1. The molecule has 1 aromatic carbocycles. The van der Waals surface area contributed by atoms with E-state index >= 15 is 0 Å². The van der Waals surface area contributed by atoms with E-state index in [0.29, 0.717) is 12.1 Å². The molecule has 0 aromatic heterocycles. The van der Waals surface area contributed by atoms with Crippen LogP contribution in [0.25, 0.3) is 0 Å². The third-order valence-corrected chi connectivity index (χ3v) is 5.35. The van der Waals surface area contributed by atoms with Crippen LogP contribution in [0, 0.1) is 5.92 Å². The van der Waals surface area contributed by atoms with E-state index in [1.165, 1.54) is 12.1 Å². The van der Waals surface area contributed by atoms with Gasteiger partial charge in [-0.15, -0.1) is 24.0 Å². The number of nitrogens with one attached hydrogen (secondary N) is 2. The Morgan fingerprint density at radius 1 is 1.19 bits per heavy atom. The number of hydrogen-bond donors (Lipinski definition) is 2. The van der Waals surface area contributed by atoms with Crippen LogP contribution in [-0.2, 0) is 0 Å². The summed E-state index contributed by atoms with van der Waals surface area (Å²) in [6, 6.07) is 11.8. The zero-order valence-electron chi connectivity index (χ0n) is 16.3. The smallest absolute Gasteiger partial charge is 0.191 e. The van der Waals surface area contributed by atoms with Crippen molar-refractivity contribution < 1.29 is 0 Å². The van der Waals surface area contributed by atoms with Crippen LogP contribution in [0.2, 0.25) is 0 Å². The van der Waals surface area contributed by atoms with Crippen molar-refractivity contribution in [3.8, 4) is 0 Å². The molecule has 3 rings (SSSR count). The van der Waals surface area contributed by atoms with Crippen LogP contribution in [0.4, 0.5) is 5.69 Å². The van der Waals surface area contributed by atoms with Crippen molar-refractivity contribution in [3.05, 3.63) is 30.3 Å². The van der Waals surface area contributed by atoms with E-state index in [2.05, 4.69) is 71.5 Å². The van der Waals surface area contributed by atoms with Crippen LogP contribution in [0.5, 0.6) is 0 Å². The van der Waals surface area contributed by atoms with Crippen molar-refractivity contribution in [2.75, 3.05) is 44.2 Å². The van der Waals surface area contributed by atoms with Gasteiger partial charge in [-0.2, -0.15) is 0 Å². The molecule has 0 spiro atoms. The van der Waals surface area contributed by atoms with E-state index < -0.39 is 0 Å². The summed E-state index contributed by atoms with van der Waals surface area (Å²) in [6.07, 6.45) is 1.27. The highest BCUT2D eigenvalue weighted by atomic mass is 127. The molecule has 2 fully saturated rings. The van der Waals surface area contributed by atoms with Gasteiger partial charge >= 0.3 is 0 Å². The molecule has 1 aromatic rings. The maximum atomic E-state index is 4.82. The third-order valence-electron chi connectivity index (χ3n) is 5.35. The fourth-order valence-electron chi connectivity index (χ4n) is 3.42. The zero-order chi connectivity index (χ0) is 17.6. The lowest BCUT2D eigenvalue weighted by molar-refractivity contribution is 0.201. The molecule has 3 atom stereocenters. The van der Waals surface area contributed by atoms with Crippen molar-refractivity contribution in [1.29, 1.82) is 0 Å². The Labute approximate surface area is 175 Å². The molecule has 26 heavy (non-hydrogen) atoms. The fraction of sp³-hybridized carbons (Fsp3) is 0.650. The third kappa shape index (κ3) is 6.01. The molecule has 2 aliphatic rings. The first-order chi connectivity index (χ1) is 12.2. The molecule has 146 valence electrons. The first-order valence-electron chi connectivity index (χ1n) is 9.76. The van der Waals surface area contributed by atoms with Crippen molar-refractivity contribution >= 4 is 35.6 Å². The van der Waals surface area contributed by atoms with Gasteiger partial charge < -0.3 is 15.5 Å². The highest BCUT2D eigenvalue weighted by molar-refractivity contribution is 14.0. The molecule has 0 amide bonds. The Morgan fingerprint density at radius 3 is 2.42 bits per heavy atom. The number of para-hydroxylation sites is 1. The molecule has 3 unspecified atom stereocenters. The van der Waals surface area contributed by atoms with E-state index in [1.54, 1.807) is 0 Å². The van der Waals surface area contributed by atoms with E-state index in [1.807, 2.05) is 0 Å². The van der Waals surface area contributed by atoms with Crippen molar-refractivity contribution in [3.63, 3.8) is 0 Å². The number of rotatable bonds is 6. The summed E-state index contributed by atoms with van der Waals surface area (Å²) in [5.41, 5.74) is 1.34. The second-order valence-corrected chi connectivity index (χ2v) is 7.39. The van der Waals surface area contributed by atoms with Gasteiger partial charge in [0.05, 0.1) is 6.54 Å². The molecule has 0 radical (unpaired) electrons. The van der Waals surface area contributed by atoms with Crippen LogP contribution >= 0.6 is 24.0 Å². The maximum absolute atomic E-state index is 4.82. The summed E-state index contributed by atoms with van der Waals surface area (Å²) in [5.74, 6) is 1.76. The largest absolute Gasteiger partial charge is 0.369 e. The van der Waals surface area contributed by atoms with E-state index in [9.17, 15) is 0 Å². The Kier molecular flexibility index (Phi) is 8.47. The predicted molar refractivity (Wildman–Crippen MR) is 122 cm³/mol. The van der Waals surface area contributed by atoms with Gasteiger partial charge in [-0.1, -0.05) is 25.1 Å². The number of benzene rings is 1. The molecule has 1 saturated carbocycles. The topological polar surface area (TPSA) is 42.9 Å². The first-order valence-corrected chi connectivity index (χ1v) is 9.76. The standard InChI is InChI=1S/C20H33N5.HI/c1-4-21-20(23-19-14-16(19)2)22-15-17(3)24-10-12-25(13-11-24)18-8-6-5-7-9-18;/h5-9,16-17,19H,4,10-15H2,1-3H3,(H2,21,22,23);1H. The lowest BCUT2D eigenvalue weighted by atomic mass is 10.2. The predicted octanol–water partition coefficient (Wildman–Crippen LogP) is 2.78. The van der Waals surface area contributed by atoms with Crippen LogP contribution in [0.3, 0.4) is 0 Å². The van der Waals surface area contributed by atoms with Crippen LogP contribution in [0.15, 0.2) is 35.3 Å². The quantitative estimate of drug-likeness (QED) is 0.381. The molecular weight excluding hydrogens is 437 g/mol. The molecule has 1 saturated heterocycles. The first kappa shape index (κ1) is 21.3. The van der Waals surface area contributed by atoms with Crippen LogP contribution in [0.1, 0.15) is 27.2 Å². The summed E-state index contributed by atoms with van der Waals surface area (Å²) < 4.78 is 0. The Hall–Kier alpha value is -1.02. The number of guanidine groups is 1. The maximum Gasteiger partial charge on any atom is 0.191 e. The highest BCUT2D eigenvalue weighted by Gasteiger charge is 2.33. The average Bonchev–Trinajstić information content (AvgIpc) is 3.35. The van der Waals surface area contributed by atoms with Gasteiger partial charge in [0, 0.05) is 50.5 Å². The van der Waals surface area contributed by atoms with Crippen LogP contribution in [-0.4, -0.2) is 62.2 Å². The van der Waals surface area contributed by atoms with Gasteiger partial charge in [0.2, 0.25) is 0 Å². The van der Waals surface area contributed by atoms with Gasteiger partial charge in [-0.25, -0.2) is 0 Å². The minimum absolute atomic E-state index is 0. The summed E-state index contributed by atoms with van der Waals surface area (Å²) in [5, 5.41) is 6.91. The summed E-state index contributed by atoms with van der Waals surface area (Å²) in [6.45, 7) is 12.9. The Bertz CT molecular complexity index is 557. The lowest BCUT2D eigenvalue weighted by Gasteiger charge is -2.38. The summed E-state index contributed by atoms with van der Waals surface area (Å²) in [7, 11) is 0. The van der Waals surface area contributed by atoms with E-state index in [4.69, 9.17) is 4.99 Å². The van der Waals surface area contributed by atoms with Gasteiger partial charge in [0.1, 0.15) is 0 Å². The second kappa shape index (κ2) is 10.3. The van der Waals surface area contributed by atoms with E-state index in [0.717, 1.165) is 51.1 Å². The second-order valence-electron chi connectivity index (χ2n) is 7.39. The van der Waals surface area contributed by atoms with E-state index in [-0.39, 0.29) is 24.0 Å². The lowest BCUT2D eigenvalue weighted by Crippen LogP contribution is -2.50. The van der Waals surface area contributed by atoms with Gasteiger partial charge in [-0.05, 0) is 38.3 Å². The number of hydrogen-bond acceptors (Lipinski definition) is 3. The Morgan fingerprint density at radius 2 is 1.85 bits per heavy atom. The summed E-state index contributed by atoms with van der Waals surface area (Å²) >= 11 is 0. The zero-order valence-corrected chi connectivity index (χ0v) is 18.6. The number of piperazine rings is 1. The molecule has 6 heteroatoms. The molecule has 0 bridgehead atoms. The highest BCUT2D eigenvalue weighted by Crippen LogP contribution is 2.28. The minimum Gasteiger partial charge on any atom is -0.369 e. The summed E-state index contributed by atoms with van der Waals surface area (Å²) in [4.78, 5) is 9.86. The normalized spacial score (nSPS) is 24.6. The van der Waals surface area contributed by atoms with Gasteiger partial charge in [0.15, 0.2) is 5.96 Å². The fourth-order valence-corrected chi connectivity index (χ4v) is 3.42. The van der Waals surface area contributed by atoms with Crippen molar-refractivity contribution in [1.82, 2.24) is 15.5 Å². The molecule has 1 aliphatic carbocycles. The van der Waals surface area contributed by atoms with Crippen LogP contribution < -0.4 is 15.5 Å².